The number of aromatic hydroxyl groups is 1. The van der Waals surface area contributed by atoms with Gasteiger partial charge in [-0.15, -0.1) is 0 Å². The first kappa shape index (κ1) is 21.6. The van der Waals surface area contributed by atoms with Gasteiger partial charge in [-0.3, -0.25) is 9.59 Å². The zero-order chi connectivity index (χ0) is 21.8. The molecule has 0 aliphatic carbocycles. The second-order valence-electron chi connectivity index (χ2n) is 6.87. The van der Waals surface area contributed by atoms with Crippen molar-refractivity contribution in [2.24, 2.45) is 0 Å². The fourth-order valence-electron chi connectivity index (χ4n) is 3.43. The van der Waals surface area contributed by atoms with Crippen molar-refractivity contribution in [3.8, 4) is 5.75 Å². The Morgan fingerprint density at radius 3 is 2.80 bits per heavy atom. The molecule has 1 aromatic carbocycles. The fraction of sp³-hybridized carbons (Fsp3) is 0.286. The number of nitrogens with zero attached hydrogens (tertiary/aromatic N) is 2. The highest BCUT2D eigenvalue weighted by molar-refractivity contribution is 6.31. The number of imidazole rings is 1. The highest BCUT2D eigenvalue weighted by atomic mass is 35.5. The summed E-state index contributed by atoms with van der Waals surface area (Å²) in [6.45, 7) is 2.04. The molecule has 3 aromatic rings. The van der Waals surface area contributed by atoms with Gasteiger partial charge in [0.05, 0.1) is 25.4 Å². The Kier molecular flexibility index (Phi) is 6.56. The number of ether oxygens (including phenoxy) is 1. The van der Waals surface area contributed by atoms with Crippen molar-refractivity contribution in [3.63, 3.8) is 0 Å². The van der Waals surface area contributed by atoms with Crippen LogP contribution < -0.4 is 5.56 Å². The van der Waals surface area contributed by atoms with Gasteiger partial charge >= 0.3 is 5.97 Å². The van der Waals surface area contributed by atoms with E-state index in [2.05, 4.69) is 9.97 Å². The van der Waals surface area contributed by atoms with E-state index in [1.54, 1.807) is 19.4 Å². The van der Waals surface area contributed by atoms with Crippen LogP contribution >= 0.6 is 11.6 Å². The number of carbonyl (C=O) groups is 1. The Morgan fingerprint density at radius 1 is 1.40 bits per heavy atom. The first-order valence-corrected chi connectivity index (χ1v) is 9.62. The summed E-state index contributed by atoms with van der Waals surface area (Å²) in [7, 11) is 1.23. The number of H-pyrrole nitrogens is 1. The van der Waals surface area contributed by atoms with E-state index >= 15 is 0 Å². The SMILES string of the molecule is COC(=O)C[C@H](c1ccc(F)cc1Cl)c1c(O)cc(C)n(CCc2cnc[nH]2)c1=O. The zero-order valence-electron chi connectivity index (χ0n) is 16.5. The zero-order valence-corrected chi connectivity index (χ0v) is 17.2. The van der Waals surface area contributed by atoms with E-state index in [9.17, 15) is 19.1 Å². The van der Waals surface area contributed by atoms with Gasteiger partial charge in [0.25, 0.3) is 5.56 Å². The Labute approximate surface area is 177 Å². The molecule has 2 aromatic heterocycles. The molecule has 2 heterocycles. The highest BCUT2D eigenvalue weighted by Crippen LogP contribution is 2.36. The van der Waals surface area contributed by atoms with Crippen LogP contribution in [0.3, 0.4) is 0 Å². The number of pyridine rings is 1. The first-order valence-electron chi connectivity index (χ1n) is 9.24. The van der Waals surface area contributed by atoms with Gasteiger partial charge in [-0.25, -0.2) is 9.37 Å². The minimum absolute atomic E-state index is 0.00381. The molecule has 0 spiro atoms. The lowest BCUT2D eigenvalue weighted by Gasteiger charge is -2.21. The number of nitrogens with one attached hydrogen (secondary N) is 1. The van der Waals surface area contributed by atoms with Gasteiger partial charge in [-0.05, 0) is 30.7 Å². The van der Waals surface area contributed by atoms with Crippen molar-refractivity contribution in [1.82, 2.24) is 14.5 Å². The van der Waals surface area contributed by atoms with Crippen LogP contribution in [0.4, 0.5) is 4.39 Å². The van der Waals surface area contributed by atoms with Crippen LogP contribution in [0.2, 0.25) is 5.02 Å². The lowest BCUT2D eigenvalue weighted by atomic mass is 9.88. The maximum absolute atomic E-state index is 13.6. The maximum Gasteiger partial charge on any atom is 0.306 e. The molecule has 0 saturated heterocycles. The molecule has 3 rings (SSSR count). The summed E-state index contributed by atoms with van der Waals surface area (Å²) in [6.07, 6.45) is 3.49. The topological polar surface area (TPSA) is 97.2 Å². The second-order valence-corrected chi connectivity index (χ2v) is 7.27. The molecular weight excluding hydrogens is 413 g/mol. The molecule has 158 valence electrons. The molecule has 1 atom stereocenters. The first-order chi connectivity index (χ1) is 14.3. The Bertz CT molecular complexity index is 1110. The molecule has 0 amide bonds. The molecule has 2 N–H and O–H groups in total. The smallest absolute Gasteiger partial charge is 0.306 e. The van der Waals surface area contributed by atoms with E-state index in [1.807, 2.05) is 0 Å². The van der Waals surface area contributed by atoms with Crippen LogP contribution in [-0.2, 0) is 22.5 Å². The van der Waals surface area contributed by atoms with Crippen LogP contribution in [-0.4, -0.2) is 32.7 Å². The Morgan fingerprint density at radius 2 is 2.17 bits per heavy atom. The number of halogens is 2. The number of aromatic amines is 1. The average Bonchev–Trinajstić information content (AvgIpc) is 3.20. The standard InChI is InChI=1S/C21H21ClFN3O4/c1-12-7-18(27)20(21(29)26(12)6-5-14-10-24-11-25-14)16(9-19(28)30-2)15-4-3-13(23)8-17(15)22/h3-4,7-8,10-11,16,27H,5-6,9H2,1-2H3,(H,24,25)/t16-/m1/s1. The van der Waals surface area contributed by atoms with Crippen molar-refractivity contribution < 1.29 is 19.0 Å². The maximum atomic E-state index is 13.6. The number of aromatic nitrogens is 3. The molecule has 0 unspecified atom stereocenters. The van der Waals surface area contributed by atoms with Gasteiger partial charge in [0.15, 0.2) is 0 Å². The largest absolute Gasteiger partial charge is 0.507 e. The van der Waals surface area contributed by atoms with Crippen molar-refractivity contribution in [3.05, 3.63) is 80.5 Å². The number of rotatable bonds is 7. The number of hydrogen-bond acceptors (Lipinski definition) is 5. The van der Waals surface area contributed by atoms with E-state index < -0.39 is 23.3 Å². The highest BCUT2D eigenvalue weighted by Gasteiger charge is 2.28. The molecular formula is C21H21ClFN3O4. The third kappa shape index (κ3) is 4.54. The van der Waals surface area contributed by atoms with Crippen LogP contribution in [0.15, 0.2) is 41.6 Å². The summed E-state index contributed by atoms with van der Waals surface area (Å²) < 4.78 is 19.8. The predicted molar refractivity (Wildman–Crippen MR) is 109 cm³/mol. The van der Waals surface area contributed by atoms with Gasteiger partial charge in [-0.1, -0.05) is 17.7 Å². The van der Waals surface area contributed by atoms with Gasteiger partial charge in [0.2, 0.25) is 0 Å². The minimum atomic E-state index is -0.906. The molecule has 0 bridgehead atoms. The lowest BCUT2D eigenvalue weighted by molar-refractivity contribution is -0.140. The lowest BCUT2D eigenvalue weighted by Crippen LogP contribution is -2.29. The number of hydrogen-bond donors (Lipinski definition) is 2. The molecule has 0 saturated carbocycles. The van der Waals surface area contributed by atoms with E-state index in [1.165, 1.54) is 29.9 Å². The number of esters is 1. The van der Waals surface area contributed by atoms with Crippen molar-refractivity contribution in [2.45, 2.75) is 32.2 Å². The van der Waals surface area contributed by atoms with E-state index in [0.717, 1.165) is 11.8 Å². The summed E-state index contributed by atoms with van der Waals surface area (Å²) in [5, 5.41) is 10.7. The summed E-state index contributed by atoms with van der Waals surface area (Å²) in [5.41, 5.74) is 1.30. The number of benzene rings is 1. The molecule has 0 radical (unpaired) electrons. The average molecular weight is 434 g/mol. The Hall–Kier alpha value is -3.13. The van der Waals surface area contributed by atoms with Gasteiger partial charge in [0, 0.05) is 41.5 Å². The van der Waals surface area contributed by atoms with Gasteiger partial charge in [0.1, 0.15) is 11.6 Å². The van der Waals surface area contributed by atoms with Gasteiger partial charge in [-0.2, -0.15) is 0 Å². The van der Waals surface area contributed by atoms with Crippen molar-refractivity contribution in [1.29, 1.82) is 0 Å². The summed E-state index contributed by atoms with van der Waals surface area (Å²) in [6, 6.07) is 5.15. The predicted octanol–water partition coefficient (Wildman–Crippen LogP) is 3.32. The van der Waals surface area contributed by atoms with Crippen molar-refractivity contribution in [2.75, 3.05) is 7.11 Å². The summed E-state index contributed by atoms with van der Waals surface area (Å²) in [5.74, 6) is -2.31. The van der Waals surface area contributed by atoms with Crippen molar-refractivity contribution >= 4 is 17.6 Å². The molecule has 30 heavy (non-hydrogen) atoms. The molecule has 0 aliphatic heterocycles. The third-order valence-electron chi connectivity index (χ3n) is 4.97. The quantitative estimate of drug-likeness (QED) is 0.557. The molecule has 9 heteroatoms. The second kappa shape index (κ2) is 9.13. The van der Waals surface area contributed by atoms with Crippen LogP contribution in [0.5, 0.6) is 5.75 Å². The van der Waals surface area contributed by atoms with Gasteiger partial charge < -0.3 is 19.4 Å². The van der Waals surface area contributed by atoms with E-state index in [4.69, 9.17) is 16.3 Å². The van der Waals surface area contributed by atoms with Crippen LogP contribution in [0, 0.1) is 12.7 Å². The Balaban J connectivity index is 2.11. The number of carbonyl (C=O) groups excluding carboxylic acids is 1. The molecule has 0 fully saturated rings. The summed E-state index contributed by atoms with van der Waals surface area (Å²) >= 11 is 6.21. The normalized spacial score (nSPS) is 12.0. The monoisotopic (exact) mass is 433 g/mol. The van der Waals surface area contributed by atoms with Crippen LogP contribution in [0.25, 0.3) is 0 Å². The third-order valence-corrected chi connectivity index (χ3v) is 5.29. The molecule has 0 aliphatic rings. The number of aryl methyl sites for hydroxylation is 2. The van der Waals surface area contributed by atoms with E-state index in [-0.39, 0.29) is 22.8 Å². The number of methoxy groups -OCH3 is 1. The fourth-order valence-corrected chi connectivity index (χ4v) is 3.73. The molecule has 7 nitrogen and oxygen atoms in total. The minimum Gasteiger partial charge on any atom is -0.507 e. The van der Waals surface area contributed by atoms with E-state index in [0.29, 0.717) is 24.2 Å². The van der Waals surface area contributed by atoms with Crippen LogP contribution in [0.1, 0.15) is 34.9 Å². The summed E-state index contributed by atoms with van der Waals surface area (Å²) in [4.78, 5) is 32.3.